The van der Waals surface area contributed by atoms with Gasteiger partial charge in [-0.3, -0.25) is 0 Å². The van der Waals surface area contributed by atoms with E-state index in [-0.39, 0.29) is 6.04 Å². The molecule has 7 nitrogen and oxygen atoms in total. The molecule has 2 heterocycles. The molecule has 2 aromatic rings. The molecule has 0 spiro atoms. The normalized spacial score (nSPS) is 16.6. The van der Waals surface area contributed by atoms with Crippen molar-refractivity contribution >= 4 is 15.8 Å². The Morgan fingerprint density at radius 1 is 1.16 bits per heavy atom. The molecule has 1 fully saturated rings. The van der Waals surface area contributed by atoms with E-state index in [1.165, 1.54) is 6.33 Å². The van der Waals surface area contributed by atoms with Gasteiger partial charge in [-0.1, -0.05) is 17.7 Å². The van der Waals surface area contributed by atoms with Crippen molar-refractivity contribution in [2.75, 3.05) is 25.5 Å². The van der Waals surface area contributed by atoms with Gasteiger partial charge in [0, 0.05) is 25.2 Å². The van der Waals surface area contributed by atoms with Crippen LogP contribution in [-0.2, 0) is 10.0 Å². The third-order valence-electron chi connectivity index (χ3n) is 4.32. The van der Waals surface area contributed by atoms with Crippen LogP contribution in [0.2, 0.25) is 0 Å². The number of nitrogens with one attached hydrogen (secondary N) is 1. The van der Waals surface area contributed by atoms with Crippen molar-refractivity contribution in [2.45, 2.75) is 30.7 Å². The van der Waals surface area contributed by atoms with Gasteiger partial charge in [-0.2, -0.15) is 4.31 Å². The fourth-order valence-corrected chi connectivity index (χ4v) is 4.31. The first kappa shape index (κ1) is 17.6. The average molecular weight is 362 g/mol. The lowest BCUT2D eigenvalue weighted by Crippen LogP contribution is -2.42. The van der Waals surface area contributed by atoms with E-state index >= 15 is 0 Å². The second-order valence-electron chi connectivity index (χ2n) is 6.08. The molecule has 1 saturated heterocycles. The van der Waals surface area contributed by atoms with Crippen molar-refractivity contribution in [2.24, 2.45) is 0 Å². The van der Waals surface area contributed by atoms with Gasteiger partial charge in [-0.25, -0.2) is 18.4 Å². The maximum Gasteiger partial charge on any atom is 0.243 e. The van der Waals surface area contributed by atoms with Crippen LogP contribution in [0.15, 0.2) is 41.6 Å². The van der Waals surface area contributed by atoms with E-state index in [0.717, 1.165) is 18.4 Å². The number of ether oxygens (including phenoxy) is 1. The number of anilines is 1. The monoisotopic (exact) mass is 362 g/mol. The number of aryl methyl sites for hydroxylation is 1. The molecule has 1 aromatic carbocycles. The van der Waals surface area contributed by atoms with Crippen LogP contribution in [0.5, 0.6) is 5.88 Å². The summed E-state index contributed by atoms with van der Waals surface area (Å²) in [6, 6.07) is 8.89. The largest absolute Gasteiger partial charge is 0.481 e. The zero-order valence-electron chi connectivity index (χ0n) is 14.3. The molecule has 0 bridgehead atoms. The van der Waals surface area contributed by atoms with Crippen LogP contribution in [0.25, 0.3) is 0 Å². The highest BCUT2D eigenvalue weighted by Crippen LogP contribution is 2.23. The minimum Gasteiger partial charge on any atom is -0.481 e. The number of rotatable bonds is 5. The van der Waals surface area contributed by atoms with Gasteiger partial charge < -0.3 is 10.1 Å². The lowest BCUT2D eigenvalue weighted by atomic mass is 10.1. The van der Waals surface area contributed by atoms with E-state index in [9.17, 15) is 8.42 Å². The van der Waals surface area contributed by atoms with Crippen LogP contribution in [0.1, 0.15) is 18.4 Å². The second-order valence-corrected chi connectivity index (χ2v) is 8.02. The number of hydrogen-bond acceptors (Lipinski definition) is 6. The molecular weight excluding hydrogens is 340 g/mol. The van der Waals surface area contributed by atoms with E-state index in [0.29, 0.717) is 29.7 Å². The molecule has 0 radical (unpaired) electrons. The summed E-state index contributed by atoms with van der Waals surface area (Å²) in [6.45, 7) is 2.90. The Bertz CT molecular complexity index is 816. The maximum absolute atomic E-state index is 12.7. The molecule has 1 aliphatic rings. The van der Waals surface area contributed by atoms with Crippen LogP contribution >= 0.6 is 0 Å². The van der Waals surface area contributed by atoms with E-state index in [2.05, 4.69) is 15.3 Å². The Hall–Kier alpha value is -2.19. The van der Waals surface area contributed by atoms with Crippen LogP contribution in [0.4, 0.5) is 5.82 Å². The Labute approximate surface area is 148 Å². The Kier molecular flexibility index (Phi) is 5.19. The minimum atomic E-state index is -3.43. The Balaban J connectivity index is 1.62. The smallest absolute Gasteiger partial charge is 0.243 e. The third-order valence-corrected chi connectivity index (χ3v) is 6.23. The van der Waals surface area contributed by atoms with Crippen LogP contribution in [-0.4, -0.2) is 48.9 Å². The summed E-state index contributed by atoms with van der Waals surface area (Å²) in [5.41, 5.74) is 1.04. The van der Waals surface area contributed by atoms with Gasteiger partial charge in [-0.05, 0) is 31.9 Å². The molecule has 1 aromatic heterocycles. The number of aromatic nitrogens is 2. The lowest BCUT2D eigenvalue weighted by molar-refractivity contribution is 0.329. The van der Waals surface area contributed by atoms with Gasteiger partial charge in [0.2, 0.25) is 15.9 Å². The molecule has 8 heteroatoms. The molecule has 0 atom stereocenters. The number of piperidine rings is 1. The standard InChI is InChI=1S/C17H22N4O3S/c1-13-3-5-15(6-4-13)25(22,23)21-9-7-14(8-10-21)20-16-11-17(24-2)19-12-18-16/h3-6,11-12,14H,7-10H2,1-2H3,(H,18,19,20). The van der Waals surface area contributed by atoms with Crippen LogP contribution in [0.3, 0.4) is 0 Å². The maximum atomic E-state index is 12.7. The number of benzene rings is 1. The van der Waals surface area contributed by atoms with Gasteiger partial charge in [0.05, 0.1) is 12.0 Å². The zero-order valence-corrected chi connectivity index (χ0v) is 15.2. The summed E-state index contributed by atoms with van der Waals surface area (Å²) in [5.74, 6) is 1.18. The number of sulfonamides is 1. The van der Waals surface area contributed by atoms with Crippen LogP contribution in [0, 0.1) is 6.92 Å². The third kappa shape index (κ3) is 4.08. The molecule has 0 unspecified atom stereocenters. The molecule has 1 N–H and O–H groups in total. The Morgan fingerprint density at radius 3 is 2.48 bits per heavy atom. The number of hydrogen-bond donors (Lipinski definition) is 1. The van der Waals surface area contributed by atoms with Crippen molar-refractivity contribution < 1.29 is 13.2 Å². The minimum absolute atomic E-state index is 0.170. The summed E-state index contributed by atoms with van der Waals surface area (Å²) in [7, 11) is -1.87. The number of nitrogens with zero attached hydrogens (tertiary/aromatic N) is 3. The van der Waals surface area contributed by atoms with Crippen molar-refractivity contribution in [3.63, 3.8) is 0 Å². The van der Waals surface area contributed by atoms with Crippen molar-refractivity contribution in [3.8, 4) is 5.88 Å². The average Bonchev–Trinajstić information content (AvgIpc) is 2.63. The highest BCUT2D eigenvalue weighted by molar-refractivity contribution is 7.89. The highest BCUT2D eigenvalue weighted by Gasteiger charge is 2.29. The second kappa shape index (κ2) is 7.37. The predicted molar refractivity (Wildman–Crippen MR) is 95.2 cm³/mol. The van der Waals surface area contributed by atoms with E-state index < -0.39 is 10.0 Å². The predicted octanol–water partition coefficient (Wildman–Crippen LogP) is 2.06. The van der Waals surface area contributed by atoms with Gasteiger partial charge >= 0.3 is 0 Å². The van der Waals surface area contributed by atoms with Gasteiger partial charge in [-0.15, -0.1) is 0 Å². The molecule has 0 saturated carbocycles. The van der Waals surface area contributed by atoms with E-state index in [4.69, 9.17) is 4.74 Å². The summed E-state index contributed by atoms with van der Waals surface area (Å²) >= 11 is 0. The first-order valence-electron chi connectivity index (χ1n) is 8.18. The van der Waals surface area contributed by atoms with Gasteiger partial charge in [0.25, 0.3) is 0 Å². The summed E-state index contributed by atoms with van der Waals surface area (Å²) in [6.07, 6.45) is 2.88. The summed E-state index contributed by atoms with van der Waals surface area (Å²) < 4.78 is 32.1. The molecule has 134 valence electrons. The first-order valence-corrected chi connectivity index (χ1v) is 9.62. The lowest BCUT2D eigenvalue weighted by Gasteiger charge is -2.31. The Morgan fingerprint density at radius 2 is 1.84 bits per heavy atom. The molecule has 0 amide bonds. The molecule has 1 aliphatic heterocycles. The van der Waals surface area contributed by atoms with Crippen molar-refractivity contribution in [1.29, 1.82) is 0 Å². The van der Waals surface area contributed by atoms with E-state index in [1.54, 1.807) is 29.6 Å². The topological polar surface area (TPSA) is 84.4 Å². The molecule has 3 rings (SSSR count). The molecule has 0 aliphatic carbocycles. The quantitative estimate of drug-likeness (QED) is 0.876. The highest BCUT2D eigenvalue weighted by atomic mass is 32.2. The number of methoxy groups -OCH3 is 1. The van der Waals surface area contributed by atoms with Crippen LogP contribution < -0.4 is 10.1 Å². The summed E-state index contributed by atoms with van der Waals surface area (Å²) in [5, 5.41) is 3.32. The first-order chi connectivity index (χ1) is 12.0. The zero-order chi connectivity index (χ0) is 17.9. The fraction of sp³-hybridized carbons (Fsp3) is 0.412. The van der Waals surface area contributed by atoms with Crippen molar-refractivity contribution in [1.82, 2.24) is 14.3 Å². The van der Waals surface area contributed by atoms with E-state index in [1.807, 2.05) is 19.1 Å². The van der Waals surface area contributed by atoms with Gasteiger partial charge in [0.1, 0.15) is 12.1 Å². The molecular formula is C17H22N4O3S. The van der Waals surface area contributed by atoms with Gasteiger partial charge in [0.15, 0.2) is 0 Å². The van der Waals surface area contributed by atoms with Crippen molar-refractivity contribution in [3.05, 3.63) is 42.2 Å². The summed E-state index contributed by atoms with van der Waals surface area (Å²) in [4.78, 5) is 8.50. The molecule has 25 heavy (non-hydrogen) atoms. The SMILES string of the molecule is COc1cc(NC2CCN(S(=O)(=O)c3ccc(C)cc3)CC2)ncn1. The fourth-order valence-electron chi connectivity index (χ4n) is 2.84.